The Hall–Kier alpha value is -2.89. The summed E-state index contributed by atoms with van der Waals surface area (Å²) in [7, 11) is 0. The van der Waals surface area contributed by atoms with Crippen LogP contribution in [0.3, 0.4) is 0 Å². The SMILES string of the molecule is CCOC(=O)c1nc(CC(F)(F)F)c2ccccc2c1-c1ccccc1. The lowest BCUT2D eigenvalue weighted by Gasteiger charge is -2.16. The fourth-order valence-electron chi connectivity index (χ4n) is 2.90. The highest BCUT2D eigenvalue weighted by atomic mass is 19.4. The number of hydrogen-bond acceptors (Lipinski definition) is 3. The second kappa shape index (κ2) is 7.15. The fraction of sp³-hybridized carbons (Fsp3) is 0.200. The molecule has 1 aromatic heterocycles. The van der Waals surface area contributed by atoms with E-state index in [0.29, 0.717) is 21.9 Å². The van der Waals surface area contributed by atoms with Crippen LogP contribution in [0.15, 0.2) is 54.6 Å². The number of pyridine rings is 1. The molecule has 0 saturated heterocycles. The smallest absolute Gasteiger partial charge is 0.394 e. The van der Waals surface area contributed by atoms with Crippen LogP contribution >= 0.6 is 0 Å². The van der Waals surface area contributed by atoms with Crippen molar-refractivity contribution >= 4 is 16.7 Å². The Balaban J connectivity index is 2.35. The number of carbonyl (C=O) groups is 1. The summed E-state index contributed by atoms with van der Waals surface area (Å²) in [5.74, 6) is -0.736. The number of alkyl halides is 3. The summed E-state index contributed by atoms with van der Waals surface area (Å²) in [6.07, 6.45) is -5.65. The highest BCUT2D eigenvalue weighted by molar-refractivity contribution is 6.07. The molecule has 3 rings (SSSR count). The number of aromatic nitrogens is 1. The maximum atomic E-state index is 13.0. The number of carbonyl (C=O) groups excluding carboxylic acids is 1. The van der Waals surface area contributed by atoms with Gasteiger partial charge in [0.1, 0.15) is 0 Å². The van der Waals surface area contributed by atoms with Crippen LogP contribution < -0.4 is 0 Å². The number of nitrogens with zero attached hydrogens (tertiary/aromatic N) is 1. The van der Waals surface area contributed by atoms with Crippen molar-refractivity contribution in [3.8, 4) is 11.1 Å². The number of hydrogen-bond donors (Lipinski definition) is 0. The third kappa shape index (κ3) is 3.69. The van der Waals surface area contributed by atoms with Crippen molar-refractivity contribution in [3.05, 3.63) is 66.0 Å². The molecule has 2 aromatic carbocycles. The van der Waals surface area contributed by atoms with E-state index in [1.807, 2.05) is 6.07 Å². The second-order valence-electron chi connectivity index (χ2n) is 5.71. The molecule has 0 bridgehead atoms. The number of esters is 1. The van der Waals surface area contributed by atoms with Gasteiger partial charge in [-0.25, -0.2) is 9.78 Å². The van der Waals surface area contributed by atoms with Crippen molar-refractivity contribution < 1.29 is 22.7 Å². The van der Waals surface area contributed by atoms with Crippen molar-refractivity contribution in [1.29, 1.82) is 0 Å². The number of rotatable bonds is 4. The lowest BCUT2D eigenvalue weighted by atomic mass is 9.95. The average Bonchev–Trinajstić information content (AvgIpc) is 2.61. The molecular weight excluding hydrogens is 343 g/mol. The van der Waals surface area contributed by atoms with Gasteiger partial charge in [-0.2, -0.15) is 13.2 Å². The molecule has 3 aromatic rings. The van der Waals surface area contributed by atoms with Crippen LogP contribution in [0, 0.1) is 0 Å². The summed E-state index contributed by atoms with van der Waals surface area (Å²) in [4.78, 5) is 16.5. The van der Waals surface area contributed by atoms with Gasteiger partial charge < -0.3 is 4.74 Å². The lowest BCUT2D eigenvalue weighted by molar-refractivity contribution is -0.127. The highest BCUT2D eigenvalue weighted by Gasteiger charge is 2.31. The Morgan fingerprint density at radius 2 is 1.62 bits per heavy atom. The van der Waals surface area contributed by atoms with Gasteiger partial charge in [0.05, 0.1) is 18.7 Å². The first-order valence-corrected chi connectivity index (χ1v) is 8.11. The van der Waals surface area contributed by atoms with Gasteiger partial charge in [-0.05, 0) is 17.9 Å². The maximum Gasteiger partial charge on any atom is 0.394 e. The van der Waals surface area contributed by atoms with E-state index in [-0.39, 0.29) is 18.0 Å². The minimum atomic E-state index is -4.43. The molecule has 0 fully saturated rings. The lowest BCUT2D eigenvalue weighted by Crippen LogP contribution is -2.17. The second-order valence-corrected chi connectivity index (χ2v) is 5.71. The normalized spacial score (nSPS) is 11.5. The predicted octanol–water partition coefficient (Wildman–Crippen LogP) is 5.18. The molecule has 0 atom stereocenters. The van der Waals surface area contributed by atoms with Crippen LogP contribution in [0.25, 0.3) is 21.9 Å². The quantitative estimate of drug-likeness (QED) is 0.602. The summed E-state index contributed by atoms with van der Waals surface area (Å²) in [5.41, 5.74) is 0.884. The van der Waals surface area contributed by atoms with Crippen molar-refractivity contribution in [2.24, 2.45) is 0 Å². The third-order valence-electron chi connectivity index (χ3n) is 3.89. The minimum Gasteiger partial charge on any atom is -0.461 e. The molecular formula is C20H16F3NO2. The molecule has 0 saturated carbocycles. The molecule has 0 spiro atoms. The van der Waals surface area contributed by atoms with Crippen LogP contribution in [-0.4, -0.2) is 23.7 Å². The Morgan fingerprint density at radius 1 is 1.00 bits per heavy atom. The molecule has 3 nitrogen and oxygen atoms in total. The summed E-state index contributed by atoms with van der Waals surface area (Å²) in [6.45, 7) is 1.74. The highest BCUT2D eigenvalue weighted by Crippen LogP contribution is 2.35. The van der Waals surface area contributed by atoms with E-state index < -0.39 is 18.6 Å². The first kappa shape index (κ1) is 17.9. The first-order valence-electron chi connectivity index (χ1n) is 8.11. The summed E-state index contributed by atoms with van der Waals surface area (Å²) >= 11 is 0. The van der Waals surface area contributed by atoms with Gasteiger partial charge in [-0.1, -0.05) is 54.6 Å². The fourth-order valence-corrected chi connectivity index (χ4v) is 2.90. The van der Waals surface area contributed by atoms with Crippen LogP contribution in [0.5, 0.6) is 0 Å². The molecule has 0 aliphatic rings. The summed E-state index contributed by atoms with van der Waals surface area (Å²) < 4.78 is 44.1. The molecule has 134 valence electrons. The summed E-state index contributed by atoms with van der Waals surface area (Å²) in [6, 6.07) is 15.6. The van der Waals surface area contributed by atoms with E-state index in [1.54, 1.807) is 55.5 Å². The summed E-state index contributed by atoms with van der Waals surface area (Å²) in [5, 5.41) is 0.910. The predicted molar refractivity (Wildman–Crippen MR) is 92.9 cm³/mol. The van der Waals surface area contributed by atoms with Gasteiger partial charge in [0.2, 0.25) is 0 Å². The molecule has 1 heterocycles. The van der Waals surface area contributed by atoms with E-state index >= 15 is 0 Å². The van der Waals surface area contributed by atoms with E-state index in [2.05, 4.69) is 4.98 Å². The largest absolute Gasteiger partial charge is 0.461 e. The monoisotopic (exact) mass is 359 g/mol. The minimum absolute atomic E-state index is 0.101. The topological polar surface area (TPSA) is 39.2 Å². The number of benzene rings is 2. The number of fused-ring (bicyclic) bond motifs is 1. The zero-order chi connectivity index (χ0) is 18.7. The van der Waals surface area contributed by atoms with Crippen LogP contribution in [0.2, 0.25) is 0 Å². The Bertz CT molecular complexity index is 937. The van der Waals surface area contributed by atoms with Crippen molar-refractivity contribution in [2.45, 2.75) is 19.5 Å². The standard InChI is InChI=1S/C20H16F3NO2/c1-2-26-19(25)18-17(13-8-4-3-5-9-13)15-11-7-6-10-14(15)16(24-18)12-20(21,22)23/h3-11H,2,12H2,1H3. The third-order valence-corrected chi connectivity index (χ3v) is 3.89. The Labute approximate surface area is 148 Å². The number of halogens is 3. The molecule has 0 unspecified atom stereocenters. The van der Waals surface area contributed by atoms with E-state index in [4.69, 9.17) is 4.74 Å². The first-order chi connectivity index (χ1) is 12.4. The zero-order valence-corrected chi connectivity index (χ0v) is 14.0. The molecule has 0 aliphatic heterocycles. The van der Waals surface area contributed by atoms with Gasteiger partial charge in [-0.15, -0.1) is 0 Å². The number of ether oxygens (including phenoxy) is 1. The molecule has 0 aliphatic carbocycles. The molecule has 0 amide bonds. The Morgan fingerprint density at radius 3 is 2.23 bits per heavy atom. The van der Waals surface area contributed by atoms with Gasteiger partial charge in [-0.3, -0.25) is 0 Å². The van der Waals surface area contributed by atoms with Gasteiger partial charge >= 0.3 is 12.1 Å². The maximum absolute atomic E-state index is 13.0. The molecule has 0 radical (unpaired) electrons. The van der Waals surface area contributed by atoms with Crippen LogP contribution in [-0.2, 0) is 11.2 Å². The average molecular weight is 359 g/mol. The van der Waals surface area contributed by atoms with Crippen molar-refractivity contribution in [2.75, 3.05) is 6.61 Å². The van der Waals surface area contributed by atoms with Crippen molar-refractivity contribution in [1.82, 2.24) is 4.98 Å². The van der Waals surface area contributed by atoms with Gasteiger partial charge in [0.25, 0.3) is 0 Å². The van der Waals surface area contributed by atoms with Crippen LogP contribution in [0.4, 0.5) is 13.2 Å². The van der Waals surface area contributed by atoms with E-state index in [0.717, 1.165) is 0 Å². The molecule has 6 heteroatoms. The van der Waals surface area contributed by atoms with E-state index in [9.17, 15) is 18.0 Å². The molecule has 26 heavy (non-hydrogen) atoms. The van der Waals surface area contributed by atoms with Crippen LogP contribution in [0.1, 0.15) is 23.1 Å². The van der Waals surface area contributed by atoms with Gasteiger partial charge in [0, 0.05) is 10.9 Å². The van der Waals surface area contributed by atoms with Gasteiger partial charge in [0.15, 0.2) is 5.69 Å². The Kier molecular flexibility index (Phi) is 4.93. The molecule has 0 N–H and O–H groups in total. The van der Waals surface area contributed by atoms with E-state index in [1.165, 1.54) is 0 Å². The van der Waals surface area contributed by atoms with Crippen molar-refractivity contribution in [3.63, 3.8) is 0 Å². The zero-order valence-electron chi connectivity index (χ0n) is 14.0.